The SMILES string of the molecule is Cc1cc(NC(=O)c2ccc(Cl)o2)n(-c2cccc(Cl)c2)n1. The minimum Gasteiger partial charge on any atom is -0.440 e. The van der Waals surface area contributed by atoms with Crippen LogP contribution in [0.3, 0.4) is 0 Å². The van der Waals surface area contributed by atoms with Gasteiger partial charge in [-0.15, -0.1) is 0 Å². The number of aromatic nitrogens is 2. The molecule has 5 nitrogen and oxygen atoms in total. The van der Waals surface area contributed by atoms with Crippen LogP contribution in [-0.2, 0) is 0 Å². The molecule has 1 amide bonds. The molecule has 0 unspecified atom stereocenters. The lowest BCUT2D eigenvalue weighted by molar-refractivity contribution is 0.0996. The first-order valence-corrected chi connectivity index (χ1v) is 7.18. The Morgan fingerprint density at radius 1 is 1.23 bits per heavy atom. The Hall–Kier alpha value is -2.24. The molecule has 7 heteroatoms. The molecule has 3 aromatic rings. The second kappa shape index (κ2) is 5.87. The van der Waals surface area contributed by atoms with Gasteiger partial charge >= 0.3 is 0 Å². The van der Waals surface area contributed by atoms with Crippen molar-refractivity contribution in [3.63, 3.8) is 0 Å². The Morgan fingerprint density at radius 2 is 2.05 bits per heavy atom. The fourth-order valence-corrected chi connectivity index (χ4v) is 2.34. The van der Waals surface area contributed by atoms with E-state index in [1.54, 1.807) is 22.9 Å². The number of carbonyl (C=O) groups is 1. The summed E-state index contributed by atoms with van der Waals surface area (Å²) in [5, 5.41) is 7.85. The highest BCUT2D eigenvalue weighted by Crippen LogP contribution is 2.21. The van der Waals surface area contributed by atoms with Crippen molar-refractivity contribution in [2.24, 2.45) is 0 Å². The van der Waals surface area contributed by atoms with Crippen LogP contribution < -0.4 is 5.32 Å². The van der Waals surface area contributed by atoms with E-state index in [0.717, 1.165) is 11.4 Å². The van der Waals surface area contributed by atoms with Crippen LogP contribution in [0.15, 0.2) is 46.9 Å². The number of nitrogens with one attached hydrogen (secondary N) is 1. The number of furan rings is 1. The molecule has 1 aromatic carbocycles. The van der Waals surface area contributed by atoms with Crippen LogP contribution >= 0.6 is 23.2 Å². The molecule has 0 saturated heterocycles. The largest absolute Gasteiger partial charge is 0.440 e. The monoisotopic (exact) mass is 335 g/mol. The molecule has 112 valence electrons. The third-order valence-electron chi connectivity index (χ3n) is 2.92. The Kier molecular flexibility index (Phi) is 3.92. The number of anilines is 1. The first kappa shape index (κ1) is 14.7. The van der Waals surface area contributed by atoms with Gasteiger partial charge in [0.25, 0.3) is 5.91 Å². The number of hydrogen-bond acceptors (Lipinski definition) is 3. The summed E-state index contributed by atoms with van der Waals surface area (Å²) < 4.78 is 6.69. The van der Waals surface area contributed by atoms with Crippen LogP contribution in [0.25, 0.3) is 5.69 Å². The highest BCUT2D eigenvalue weighted by molar-refractivity contribution is 6.30. The number of nitrogens with zero attached hydrogens (tertiary/aromatic N) is 2. The van der Waals surface area contributed by atoms with Crippen LogP contribution in [0.5, 0.6) is 0 Å². The lowest BCUT2D eigenvalue weighted by Crippen LogP contribution is -2.14. The Labute approximate surface area is 136 Å². The van der Waals surface area contributed by atoms with Gasteiger partial charge in [-0.1, -0.05) is 17.7 Å². The molecule has 0 saturated carbocycles. The van der Waals surface area contributed by atoms with E-state index in [2.05, 4.69) is 10.4 Å². The summed E-state index contributed by atoms with van der Waals surface area (Å²) in [5.74, 6) is 0.230. The lowest BCUT2D eigenvalue weighted by Gasteiger charge is -2.08. The zero-order valence-electron chi connectivity index (χ0n) is 11.5. The second-order valence-electron chi connectivity index (χ2n) is 4.62. The number of amides is 1. The Bertz CT molecular complexity index is 839. The van der Waals surface area contributed by atoms with Crippen LogP contribution in [0.1, 0.15) is 16.2 Å². The van der Waals surface area contributed by atoms with E-state index in [1.165, 1.54) is 12.1 Å². The number of hydrogen-bond donors (Lipinski definition) is 1. The highest BCUT2D eigenvalue weighted by atomic mass is 35.5. The molecule has 0 aliphatic carbocycles. The maximum Gasteiger partial charge on any atom is 0.292 e. The van der Waals surface area contributed by atoms with E-state index in [4.69, 9.17) is 27.6 Å². The molecule has 0 spiro atoms. The third-order valence-corrected chi connectivity index (χ3v) is 3.36. The molecule has 0 bridgehead atoms. The number of halogens is 2. The van der Waals surface area contributed by atoms with E-state index in [9.17, 15) is 4.79 Å². The first-order chi connectivity index (χ1) is 10.5. The van der Waals surface area contributed by atoms with E-state index >= 15 is 0 Å². The van der Waals surface area contributed by atoms with Gasteiger partial charge < -0.3 is 9.73 Å². The molecule has 0 atom stereocenters. The van der Waals surface area contributed by atoms with Gasteiger partial charge in [0.1, 0.15) is 5.82 Å². The molecule has 3 rings (SSSR count). The van der Waals surface area contributed by atoms with Crippen molar-refractivity contribution < 1.29 is 9.21 Å². The number of benzene rings is 1. The van der Waals surface area contributed by atoms with Crippen molar-refractivity contribution in [1.29, 1.82) is 0 Å². The van der Waals surface area contributed by atoms with Gasteiger partial charge in [-0.3, -0.25) is 4.79 Å². The molecule has 1 N–H and O–H groups in total. The average molecular weight is 336 g/mol. The maximum atomic E-state index is 12.2. The van der Waals surface area contributed by atoms with E-state index in [1.807, 2.05) is 19.1 Å². The zero-order valence-corrected chi connectivity index (χ0v) is 13.0. The van der Waals surface area contributed by atoms with Crippen molar-refractivity contribution in [3.05, 3.63) is 64.2 Å². The van der Waals surface area contributed by atoms with E-state index < -0.39 is 5.91 Å². The van der Waals surface area contributed by atoms with Gasteiger partial charge in [0.2, 0.25) is 0 Å². The topological polar surface area (TPSA) is 60.1 Å². The number of rotatable bonds is 3. The van der Waals surface area contributed by atoms with Crippen molar-refractivity contribution in [2.75, 3.05) is 5.32 Å². The number of carbonyl (C=O) groups excluding carboxylic acids is 1. The Balaban J connectivity index is 1.93. The van der Waals surface area contributed by atoms with Crippen molar-refractivity contribution in [1.82, 2.24) is 9.78 Å². The summed E-state index contributed by atoms with van der Waals surface area (Å²) in [5.41, 5.74) is 1.50. The first-order valence-electron chi connectivity index (χ1n) is 6.42. The fraction of sp³-hybridized carbons (Fsp3) is 0.0667. The number of aryl methyl sites for hydroxylation is 1. The standard InChI is InChI=1S/C15H11Cl2N3O2/c1-9-7-14(18-15(21)12-5-6-13(17)22-12)20(19-9)11-4-2-3-10(16)8-11/h2-8H,1H3,(H,18,21). The molecule has 2 aromatic heterocycles. The molecule has 22 heavy (non-hydrogen) atoms. The third kappa shape index (κ3) is 3.00. The smallest absolute Gasteiger partial charge is 0.292 e. The zero-order chi connectivity index (χ0) is 15.7. The van der Waals surface area contributed by atoms with Crippen molar-refractivity contribution >= 4 is 34.9 Å². The average Bonchev–Trinajstić information content (AvgIpc) is 3.05. The molecule has 0 fully saturated rings. The molecule has 0 radical (unpaired) electrons. The van der Waals surface area contributed by atoms with Gasteiger partial charge in [0, 0.05) is 11.1 Å². The summed E-state index contributed by atoms with van der Waals surface area (Å²) >= 11 is 11.7. The summed E-state index contributed by atoms with van der Waals surface area (Å²) in [6, 6.07) is 12.0. The molecule has 0 aliphatic heterocycles. The van der Waals surface area contributed by atoms with E-state index in [0.29, 0.717) is 10.8 Å². The summed E-state index contributed by atoms with van der Waals surface area (Å²) in [6.45, 7) is 1.83. The Morgan fingerprint density at radius 3 is 2.73 bits per heavy atom. The minimum atomic E-state index is -0.407. The van der Waals surface area contributed by atoms with Crippen molar-refractivity contribution in [3.8, 4) is 5.69 Å². The van der Waals surface area contributed by atoms with Gasteiger partial charge in [-0.2, -0.15) is 5.10 Å². The molecular formula is C15H11Cl2N3O2. The quantitative estimate of drug-likeness (QED) is 0.774. The van der Waals surface area contributed by atoms with Gasteiger partial charge in [-0.25, -0.2) is 4.68 Å². The highest BCUT2D eigenvalue weighted by Gasteiger charge is 2.15. The molecule has 2 heterocycles. The van der Waals surface area contributed by atoms with Crippen LogP contribution in [0, 0.1) is 6.92 Å². The fourth-order valence-electron chi connectivity index (χ4n) is 2.01. The summed E-state index contributed by atoms with van der Waals surface area (Å²) in [6.07, 6.45) is 0. The van der Waals surface area contributed by atoms with E-state index in [-0.39, 0.29) is 11.0 Å². The predicted molar refractivity (Wildman–Crippen MR) is 85.0 cm³/mol. The van der Waals surface area contributed by atoms with Crippen LogP contribution in [-0.4, -0.2) is 15.7 Å². The maximum absolute atomic E-state index is 12.2. The van der Waals surface area contributed by atoms with Crippen LogP contribution in [0.2, 0.25) is 10.2 Å². The second-order valence-corrected chi connectivity index (χ2v) is 5.43. The lowest BCUT2D eigenvalue weighted by atomic mass is 10.3. The van der Waals surface area contributed by atoms with Gasteiger partial charge in [-0.05, 0) is 48.9 Å². The summed E-state index contributed by atoms with van der Waals surface area (Å²) in [4.78, 5) is 12.2. The normalized spacial score (nSPS) is 10.7. The van der Waals surface area contributed by atoms with Crippen molar-refractivity contribution in [2.45, 2.75) is 6.92 Å². The molecule has 0 aliphatic rings. The van der Waals surface area contributed by atoms with Gasteiger partial charge in [0.15, 0.2) is 11.0 Å². The molecular weight excluding hydrogens is 325 g/mol. The minimum absolute atomic E-state index is 0.126. The summed E-state index contributed by atoms with van der Waals surface area (Å²) in [7, 11) is 0. The van der Waals surface area contributed by atoms with Gasteiger partial charge in [0.05, 0.1) is 11.4 Å². The van der Waals surface area contributed by atoms with Crippen LogP contribution in [0.4, 0.5) is 5.82 Å². The predicted octanol–water partition coefficient (Wildman–Crippen LogP) is 4.33.